The number of halogens is 1. The third kappa shape index (κ3) is 4.41. The van der Waals surface area contributed by atoms with Crippen molar-refractivity contribution in [2.24, 2.45) is 0 Å². The predicted octanol–water partition coefficient (Wildman–Crippen LogP) is 5.57. The van der Waals surface area contributed by atoms with E-state index in [0.29, 0.717) is 18.0 Å². The van der Waals surface area contributed by atoms with E-state index in [1.807, 2.05) is 24.3 Å². The van der Waals surface area contributed by atoms with E-state index in [4.69, 9.17) is 5.26 Å². The smallest absolute Gasteiger partial charge is 0.133 e. The lowest BCUT2D eigenvalue weighted by molar-refractivity contribution is -0.0131. The van der Waals surface area contributed by atoms with Crippen LogP contribution in [-0.2, 0) is 6.54 Å². The maximum atomic E-state index is 13.3. The minimum Gasteiger partial charge on any atom is -0.374 e. The molecule has 3 aromatic carbocycles. The van der Waals surface area contributed by atoms with Crippen molar-refractivity contribution >= 4 is 10.9 Å². The van der Waals surface area contributed by atoms with E-state index < -0.39 is 6.23 Å². The van der Waals surface area contributed by atoms with Crippen LogP contribution in [-0.4, -0.2) is 27.7 Å². The number of fused-ring (bicyclic) bond motifs is 1. The summed E-state index contributed by atoms with van der Waals surface area (Å²) in [4.78, 5) is 2.11. The van der Waals surface area contributed by atoms with Gasteiger partial charge in [0.15, 0.2) is 0 Å². The van der Waals surface area contributed by atoms with Gasteiger partial charge in [0, 0.05) is 36.7 Å². The molecular formula is C28H26FN3O. The quantitative estimate of drug-likeness (QED) is 0.442. The Morgan fingerprint density at radius 3 is 2.36 bits per heavy atom. The minimum atomic E-state index is -0.654. The van der Waals surface area contributed by atoms with Gasteiger partial charge in [0.25, 0.3) is 0 Å². The molecule has 1 N–H and O–H groups in total. The van der Waals surface area contributed by atoms with Gasteiger partial charge in [-0.2, -0.15) is 5.26 Å². The Morgan fingerprint density at radius 1 is 0.970 bits per heavy atom. The third-order valence-electron chi connectivity index (χ3n) is 6.74. The monoisotopic (exact) mass is 439 g/mol. The van der Waals surface area contributed by atoms with Crippen LogP contribution in [0.3, 0.4) is 0 Å². The fourth-order valence-corrected chi connectivity index (χ4v) is 4.91. The second-order valence-electron chi connectivity index (χ2n) is 8.77. The molecule has 1 aromatic heterocycles. The van der Waals surface area contributed by atoms with Gasteiger partial charge in [-0.25, -0.2) is 4.39 Å². The number of nitrogens with zero attached hydrogens (tertiary/aromatic N) is 3. The summed E-state index contributed by atoms with van der Waals surface area (Å²) in [6.07, 6.45) is 3.54. The molecule has 1 atom stereocenters. The molecule has 0 radical (unpaired) electrons. The first kappa shape index (κ1) is 21.4. The zero-order valence-electron chi connectivity index (χ0n) is 18.4. The number of benzene rings is 3. The number of aliphatic hydroxyl groups is 1. The van der Waals surface area contributed by atoms with Crippen LogP contribution in [0.2, 0.25) is 0 Å². The molecule has 4 aromatic rings. The summed E-state index contributed by atoms with van der Waals surface area (Å²) in [6, 6.07) is 24.5. The van der Waals surface area contributed by atoms with Crippen molar-refractivity contribution in [2.75, 3.05) is 13.1 Å². The summed E-state index contributed by atoms with van der Waals surface area (Å²) in [5, 5.41) is 21.1. The van der Waals surface area contributed by atoms with Gasteiger partial charge in [-0.1, -0.05) is 42.5 Å². The number of hydrogen-bond acceptors (Lipinski definition) is 3. The number of para-hydroxylation sites is 1. The van der Waals surface area contributed by atoms with E-state index >= 15 is 0 Å². The Labute approximate surface area is 193 Å². The third-order valence-corrected chi connectivity index (χ3v) is 6.74. The Balaban J connectivity index is 1.33. The lowest BCUT2D eigenvalue weighted by Gasteiger charge is -2.35. The Bertz CT molecular complexity index is 1280. The number of aromatic nitrogens is 1. The Kier molecular flexibility index (Phi) is 5.95. The standard InChI is InChI=1S/C28H26FN3O/c29-24-11-7-21(8-12-24)18-32-19-26(25-3-1-2-4-27(25)32)22-13-15-31(16-14-22)28(33)23-9-5-20(17-30)6-10-23/h1-12,19,22,28,33H,13-16,18H2. The molecule has 0 amide bonds. The fraction of sp³-hybridized carbons (Fsp3) is 0.250. The number of likely N-dealkylation sites (tertiary alicyclic amines) is 1. The van der Waals surface area contributed by atoms with Crippen molar-refractivity contribution in [2.45, 2.75) is 31.5 Å². The van der Waals surface area contributed by atoms with Gasteiger partial charge in [0.1, 0.15) is 12.0 Å². The van der Waals surface area contributed by atoms with Gasteiger partial charge in [0.2, 0.25) is 0 Å². The first-order valence-corrected chi connectivity index (χ1v) is 11.4. The van der Waals surface area contributed by atoms with Crippen LogP contribution >= 0.6 is 0 Å². The summed E-state index contributed by atoms with van der Waals surface area (Å²) in [6.45, 7) is 2.32. The summed E-state index contributed by atoms with van der Waals surface area (Å²) in [7, 11) is 0. The van der Waals surface area contributed by atoms with Gasteiger partial charge < -0.3 is 9.67 Å². The van der Waals surface area contributed by atoms with E-state index in [2.05, 4.69) is 46.0 Å². The van der Waals surface area contributed by atoms with E-state index in [9.17, 15) is 9.50 Å². The molecule has 0 saturated carbocycles. The van der Waals surface area contributed by atoms with Crippen molar-refractivity contribution < 1.29 is 9.50 Å². The lowest BCUT2D eigenvalue weighted by Crippen LogP contribution is -2.36. The summed E-state index contributed by atoms with van der Waals surface area (Å²) in [5.41, 5.74) is 5.03. The van der Waals surface area contributed by atoms with E-state index in [1.54, 1.807) is 12.1 Å². The zero-order chi connectivity index (χ0) is 22.8. The molecule has 33 heavy (non-hydrogen) atoms. The Morgan fingerprint density at radius 2 is 1.67 bits per heavy atom. The molecule has 1 aliphatic rings. The second-order valence-corrected chi connectivity index (χ2v) is 8.77. The van der Waals surface area contributed by atoms with Crippen LogP contribution in [0.15, 0.2) is 79.0 Å². The van der Waals surface area contributed by atoms with Crippen molar-refractivity contribution in [1.82, 2.24) is 9.47 Å². The van der Waals surface area contributed by atoms with Gasteiger partial charge in [-0.15, -0.1) is 0 Å². The average molecular weight is 440 g/mol. The Hall–Kier alpha value is -3.46. The summed E-state index contributed by atoms with van der Waals surface area (Å²) < 4.78 is 15.6. The zero-order valence-corrected chi connectivity index (χ0v) is 18.4. The molecule has 4 nitrogen and oxygen atoms in total. The van der Waals surface area contributed by atoms with Crippen LogP contribution in [0.5, 0.6) is 0 Å². The first-order valence-electron chi connectivity index (χ1n) is 11.4. The number of nitriles is 1. The fourth-order valence-electron chi connectivity index (χ4n) is 4.91. The highest BCUT2D eigenvalue weighted by molar-refractivity contribution is 5.84. The van der Waals surface area contributed by atoms with E-state index in [1.165, 1.54) is 28.6 Å². The highest BCUT2D eigenvalue weighted by Gasteiger charge is 2.27. The topological polar surface area (TPSA) is 52.2 Å². The van der Waals surface area contributed by atoms with E-state index in [0.717, 1.165) is 37.1 Å². The van der Waals surface area contributed by atoms with Crippen LogP contribution in [0, 0.1) is 17.1 Å². The van der Waals surface area contributed by atoms with Crippen molar-refractivity contribution in [3.8, 4) is 6.07 Å². The largest absolute Gasteiger partial charge is 0.374 e. The first-order chi connectivity index (χ1) is 16.1. The number of rotatable bonds is 5. The number of piperidine rings is 1. The van der Waals surface area contributed by atoms with Crippen molar-refractivity contribution in [3.05, 3.63) is 107 Å². The molecule has 1 unspecified atom stereocenters. The molecule has 1 saturated heterocycles. The lowest BCUT2D eigenvalue weighted by atomic mass is 9.89. The maximum absolute atomic E-state index is 13.3. The average Bonchev–Trinajstić information content (AvgIpc) is 3.23. The molecule has 166 valence electrons. The van der Waals surface area contributed by atoms with Gasteiger partial charge in [-0.05, 0) is 65.8 Å². The molecule has 1 fully saturated rings. The SMILES string of the molecule is N#Cc1ccc(C(O)N2CCC(c3cn(Cc4ccc(F)cc4)c4ccccc34)CC2)cc1. The molecule has 2 heterocycles. The van der Waals surface area contributed by atoms with Crippen LogP contribution in [0.25, 0.3) is 10.9 Å². The molecule has 0 bridgehead atoms. The molecule has 5 heteroatoms. The van der Waals surface area contributed by atoms with Crippen molar-refractivity contribution in [3.63, 3.8) is 0 Å². The minimum absolute atomic E-state index is 0.216. The van der Waals surface area contributed by atoms with Crippen molar-refractivity contribution in [1.29, 1.82) is 5.26 Å². The summed E-state index contributed by atoms with van der Waals surface area (Å²) in [5.74, 6) is 0.209. The second kappa shape index (κ2) is 9.19. The van der Waals surface area contributed by atoms with Crippen LogP contribution < -0.4 is 0 Å². The normalized spacial score (nSPS) is 16.0. The van der Waals surface area contributed by atoms with Crippen LogP contribution in [0.4, 0.5) is 4.39 Å². The van der Waals surface area contributed by atoms with Crippen LogP contribution in [0.1, 0.15) is 47.2 Å². The molecular weight excluding hydrogens is 413 g/mol. The molecule has 0 aliphatic carbocycles. The van der Waals surface area contributed by atoms with Gasteiger partial charge in [0.05, 0.1) is 11.6 Å². The number of hydrogen-bond donors (Lipinski definition) is 1. The highest BCUT2D eigenvalue weighted by Crippen LogP contribution is 2.36. The molecule has 1 aliphatic heterocycles. The van der Waals surface area contributed by atoms with Gasteiger partial charge >= 0.3 is 0 Å². The maximum Gasteiger partial charge on any atom is 0.133 e. The molecule has 0 spiro atoms. The van der Waals surface area contributed by atoms with Gasteiger partial charge in [-0.3, -0.25) is 4.90 Å². The molecule has 5 rings (SSSR count). The number of aliphatic hydroxyl groups excluding tert-OH is 1. The highest BCUT2D eigenvalue weighted by atomic mass is 19.1. The predicted molar refractivity (Wildman–Crippen MR) is 127 cm³/mol. The van der Waals surface area contributed by atoms with E-state index in [-0.39, 0.29) is 5.82 Å². The summed E-state index contributed by atoms with van der Waals surface area (Å²) >= 11 is 0.